The van der Waals surface area contributed by atoms with Crippen molar-refractivity contribution in [2.75, 3.05) is 24.5 Å². The minimum absolute atomic E-state index is 0.0390. The zero-order chi connectivity index (χ0) is 27.9. The number of para-hydroxylation sites is 2. The predicted molar refractivity (Wildman–Crippen MR) is 152 cm³/mol. The number of carbonyl (C=O) groups is 2. The van der Waals surface area contributed by atoms with E-state index in [0.29, 0.717) is 12.3 Å². The van der Waals surface area contributed by atoms with Crippen LogP contribution in [0.2, 0.25) is 0 Å². The first-order chi connectivity index (χ1) is 18.1. The van der Waals surface area contributed by atoms with Gasteiger partial charge in [0, 0.05) is 17.6 Å². The third-order valence-electron chi connectivity index (χ3n) is 6.00. The van der Waals surface area contributed by atoms with Crippen molar-refractivity contribution >= 4 is 43.5 Å². The molecule has 0 bridgehead atoms. The van der Waals surface area contributed by atoms with Gasteiger partial charge in [-0.25, -0.2) is 8.42 Å². The first-order valence-corrected chi connectivity index (χ1v) is 14.4. The molecular formula is C28H32BrN3O5S. The molecule has 0 aliphatic carbocycles. The van der Waals surface area contributed by atoms with E-state index in [1.165, 1.54) is 24.1 Å². The average Bonchev–Trinajstić information content (AvgIpc) is 2.90. The molecule has 3 aromatic rings. The number of methoxy groups -OCH3 is 1. The Morgan fingerprint density at radius 1 is 1.03 bits per heavy atom. The van der Waals surface area contributed by atoms with E-state index in [1.54, 1.807) is 50.2 Å². The van der Waals surface area contributed by atoms with Gasteiger partial charge >= 0.3 is 0 Å². The van der Waals surface area contributed by atoms with Crippen LogP contribution in [-0.2, 0) is 26.2 Å². The third kappa shape index (κ3) is 6.93. The fraction of sp³-hybridized carbons (Fsp3) is 0.286. The van der Waals surface area contributed by atoms with Gasteiger partial charge in [0.05, 0.1) is 17.7 Å². The third-order valence-corrected chi connectivity index (χ3v) is 8.27. The number of ether oxygens (including phenoxy) is 1. The molecule has 0 fully saturated rings. The van der Waals surface area contributed by atoms with Gasteiger partial charge in [-0.3, -0.25) is 13.9 Å². The number of hydrogen-bond acceptors (Lipinski definition) is 5. The molecule has 38 heavy (non-hydrogen) atoms. The van der Waals surface area contributed by atoms with E-state index in [9.17, 15) is 18.0 Å². The smallest absolute Gasteiger partial charge is 0.264 e. The van der Waals surface area contributed by atoms with Crippen LogP contribution in [0.3, 0.4) is 0 Å². The number of nitrogens with zero attached hydrogens (tertiary/aromatic N) is 2. The zero-order valence-corrected chi connectivity index (χ0v) is 24.3. The normalized spacial score (nSPS) is 11.9. The minimum Gasteiger partial charge on any atom is -0.495 e. The first-order valence-electron chi connectivity index (χ1n) is 12.1. The highest BCUT2D eigenvalue weighted by molar-refractivity contribution is 9.10. The summed E-state index contributed by atoms with van der Waals surface area (Å²) in [5.74, 6) is -0.572. The Balaban J connectivity index is 2.07. The number of hydrogen-bond donors (Lipinski definition) is 1. The largest absolute Gasteiger partial charge is 0.495 e. The highest BCUT2D eigenvalue weighted by Crippen LogP contribution is 2.32. The number of rotatable bonds is 11. The maximum absolute atomic E-state index is 13.9. The summed E-state index contributed by atoms with van der Waals surface area (Å²) in [5, 5.41) is 2.75. The molecule has 0 saturated carbocycles. The van der Waals surface area contributed by atoms with Gasteiger partial charge in [-0.05, 0) is 62.7 Å². The second-order valence-corrected chi connectivity index (χ2v) is 11.5. The van der Waals surface area contributed by atoms with Gasteiger partial charge in [0.15, 0.2) is 0 Å². The van der Waals surface area contributed by atoms with Crippen LogP contribution in [0.5, 0.6) is 5.75 Å². The second-order valence-electron chi connectivity index (χ2n) is 8.72. The topological polar surface area (TPSA) is 96.0 Å². The van der Waals surface area contributed by atoms with Crippen molar-refractivity contribution in [2.45, 2.75) is 38.3 Å². The highest BCUT2D eigenvalue weighted by atomic mass is 79.9. The van der Waals surface area contributed by atoms with E-state index in [2.05, 4.69) is 21.2 Å². The molecule has 0 saturated heterocycles. The average molecular weight is 603 g/mol. The molecule has 8 nitrogen and oxygen atoms in total. The van der Waals surface area contributed by atoms with Gasteiger partial charge in [0.2, 0.25) is 11.8 Å². The SMILES string of the molecule is CCNC(=O)[C@@H](C)N(Cc1cccc(Br)c1)C(=O)CN(c1ccccc1OC)S(=O)(=O)c1ccc(C)cc1. The summed E-state index contributed by atoms with van der Waals surface area (Å²) < 4.78 is 35.1. The second kappa shape index (κ2) is 12.9. The molecular weight excluding hydrogens is 570 g/mol. The molecule has 1 N–H and O–H groups in total. The van der Waals surface area contributed by atoms with Gasteiger partial charge in [0.25, 0.3) is 10.0 Å². The van der Waals surface area contributed by atoms with Crippen LogP contribution in [-0.4, -0.2) is 51.4 Å². The lowest BCUT2D eigenvalue weighted by Crippen LogP contribution is -2.51. The summed E-state index contributed by atoms with van der Waals surface area (Å²) in [6.07, 6.45) is 0. The Morgan fingerprint density at radius 3 is 2.34 bits per heavy atom. The molecule has 202 valence electrons. The minimum atomic E-state index is -4.17. The Bertz CT molecular complexity index is 1380. The van der Waals surface area contributed by atoms with Crippen LogP contribution in [0.15, 0.2) is 82.2 Å². The fourth-order valence-electron chi connectivity index (χ4n) is 3.92. The number of likely N-dealkylation sites (N-methyl/N-ethyl adjacent to an activating group) is 1. The zero-order valence-electron chi connectivity index (χ0n) is 21.8. The van der Waals surface area contributed by atoms with Crippen LogP contribution in [0, 0.1) is 6.92 Å². The van der Waals surface area contributed by atoms with E-state index in [1.807, 2.05) is 31.2 Å². The van der Waals surface area contributed by atoms with Crippen LogP contribution in [0.1, 0.15) is 25.0 Å². The molecule has 0 heterocycles. The highest BCUT2D eigenvalue weighted by Gasteiger charge is 2.33. The molecule has 1 atom stereocenters. The van der Waals surface area contributed by atoms with E-state index in [-0.39, 0.29) is 23.0 Å². The summed E-state index contributed by atoms with van der Waals surface area (Å²) in [6.45, 7) is 5.26. The number of sulfonamides is 1. The lowest BCUT2D eigenvalue weighted by atomic mass is 10.1. The van der Waals surface area contributed by atoms with E-state index < -0.39 is 28.5 Å². The van der Waals surface area contributed by atoms with Crippen molar-refractivity contribution in [3.05, 3.63) is 88.4 Å². The lowest BCUT2D eigenvalue weighted by Gasteiger charge is -2.32. The monoisotopic (exact) mass is 601 g/mol. The number of nitrogens with one attached hydrogen (secondary N) is 1. The molecule has 0 aromatic heterocycles. The van der Waals surface area contributed by atoms with Gasteiger partial charge < -0.3 is 15.0 Å². The van der Waals surface area contributed by atoms with Crippen LogP contribution in [0.25, 0.3) is 0 Å². The van der Waals surface area contributed by atoms with Crippen LogP contribution < -0.4 is 14.4 Å². The molecule has 3 rings (SSSR count). The first kappa shape index (κ1) is 29.2. The molecule has 0 spiro atoms. The molecule has 3 aromatic carbocycles. The van der Waals surface area contributed by atoms with E-state index >= 15 is 0 Å². The fourth-order valence-corrected chi connectivity index (χ4v) is 5.79. The van der Waals surface area contributed by atoms with Gasteiger partial charge in [-0.15, -0.1) is 0 Å². The molecule has 0 aliphatic heterocycles. The standard InChI is InChI=1S/C28H32BrN3O5S/c1-5-30-28(34)21(3)31(18-22-9-8-10-23(29)17-22)27(33)19-32(25-11-6-7-12-26(25)37-4)38(35,36)24-15-13-20(2)14-16-24/h6-17,21H,5,18-19H2,1-4H3,(H,30,34)/t21-/m1/s1. The summed E-state index contributed by atoms with van der Waals surface area (Å²) >= 11 is 3.44. The van der Waals surface area contributed by atoms with Crippen LogP contribution >= 0.6 is 15.9 Å². The summed E-state index contributed by atoms with van der Waals surface area (Å²) in [5.41, 5.74) is 1.91. The number of anilines is 1. The molecule has 0 unspecified atom stereocenters. The Labute approximate surface area is 232 Å². The van der Waals surface area contributed by atoms with Crippen molar-refractivity contribution in [2.24, 2.45) is 0 Å². The maximum Gasteiger partial charge on any atom is 0.264 e. The van der Waals surface area contributed by atoms with Gasteiger partial charge in [0.1, 0.15) is 18.3 Å². The number of benzene rings is 3. The van der Waals surface area contributed by atoms with Crippen LogP contribution in [0.4, 0.5) is 5.69 Å². The number of amides is 2. The van der Waals surface area contributed by atoms with Crippen molar-refractivity contribution in [1.82, 2.24) is 10.2 Å². The quantitative estimate of drug-likeness (QED) is 0.349. The van der Waals surface area contributed by atoms with Crippen molar-refractivity contribution < 1.29 is 22.7 Å². The molecule has 2 amide bonds. The number of aryl methyl sites for hydroxylation is 1. The van der Waals surface area contributed by atoms with Gasteiger partial charge in [-0.1, -0.05) is 57.9 Å². The Kier molecular flexibility index (Phi) is 9.93. The van der Waals surface area contributed by atoms with Crippen molar-refractivity contribution in [1.29, 1.82) is 0 Å². The van der Waals surface area contributed by atoms with Crippen molar-refractivity contribution in [3.8, 4) is 5.75 Å². The maximum atomic E-state index is 13.9. The molecule has 0 aliphatic rings. The number of carbonyl (C=O) groups excluding carboxylic acids is 2. The molecule has 10 heteroatoms. The Morgan fingerprint density at radius 2 is 1.71 bits per heavy atom. The summed E-state index contributed by atoms with van der Waals surface area (Å²) in [4.78, 5) is 28.1. The van der Waals surface area contributed by atoms with E-state index in [0.717, 1.165) is 19.9 Å². The summed E-state index contributed by atoms with van der Waals surface area (Å²) in [6, 6.07) is 19.6. The van der Waals surface area contributed by atoms with Gasteiger partial charge in [-0.2, -0.15) is 0 Å². The lowest BCUT2D eigenvalue weighted by molar-refractivity contribution is -0.139. The predicted octanol–water partition coefficient (Wildman–Crippen LogP) is 4.51. The molecule has 0 radical (unpaired) electrons. The van der Waals surface area contributed by atoms with E-state index in [4.69, 9.17) is 4.74 Å². The Hall–Kier alpha value is -3.37. The summed E-state index contributed by atoms with van der Waals surface area (Å²) in [7, 11) is -2.73. The number of halogens is 1. The van der Waals surface area contributed by atoms with Crippen molar-refractivity contribution in [3.63, 3.8) is 0 Å².